The Kier molecular flexibility index (Phi) is 3.82. The maximum absolute atomic E-state index is 3.57. The molecule has 0 aromatic heterocycles. The second-order valence-electron chi connectivity index (χ2n) is 5.01. The van der Waals surface area contributed by atoms with Crippen LogP contribution in [0.2, 0.25) is 0 Å². The van der Waals surface area contributed by atoms with Gasteiger partial charge in [0.05, 0.1) is 0 Å². The monoisotopic (exact) mass is 196 g/mol. The Hall–Kier alpha value is -0.0800. The molecule has 82 valence electrons. The van der Waals surface area contributed by atoms with Gasteiger partial charge in [-0.05, 0) is 44.2 Å². The number of rotatable bonds is 6. The van der Waals surface area contributed by atoms with Crippen LogP contribution in [0.4, 0.5) is 0 Å². The minimum absolute atomic E-state index is 0.985. The van der Waals surface area contributed by atoms with E-state index in [1.54, 1.807) is 0 Å². The summed E-state index contributed by atoms with van der Waals surface area (Å²) in [5, 5.41) is 3.57. The molecule has 0 aromatic carbocycles. The molecule has 2 nitrogen and oxygen atoms in total. The third-order valence-corrected chi connectivity index (χ3v) is 3.68. The Bertz CT molecular complexity index is 166. The number of likely N-dealkylation sites (tertiary alicyclic amines) is 1. The van der Waals surface area contributed by atoms with E-state index in [0.717, 1.165) is 11.8 Å². The SMILES string of the molecule is CCC1CCN(CCNCC2CC2)C1. The third-order valence-electron chi connectivity index (χ3n) is 3.68. The van der Waals surface area contributed by atoms with E-state index in [1.165, 1.54) is 58.4 Å². The molecule has 0 aromatic rings. The van der Waals surface area contributed by atoms with Crippen molar-refractivity contribution in [1.82, 2.24) is 10.2 Å². The van der Waals surface area contributed by atoms with E-state index in [9.17, 15) is 0 Å². The second kappa shape index (κ2) is 5.13. The largest absolute Gasteiger partial charge is 0.315 e. The number of hydrogen-bond acceptors (Lipinski definition) is 2. The molecule has 1 heterocycles. The van der Waals surface area contributed by atoms with Crippen molar-refractivity contribution in [1.29, 1.82) is 0 Å². The van der Waals surface area contributed by atoms with E-state index in [-0.39, 0.29) is 0 Å². The molecular weight excluding hydrogens is 172 g/mol. The van der Waals surface area contributed by atoms with Crippen molar-refractivity contribution in [3.63, 3.8) is 0 Å². The van der Waals surface area contributed by atoms with Crippen LogP contribution in [0, 0.1) is 11.8 Å². The quantitative estimate of drug-likeness (QED) is 0.651. The molecule has 1 N–H and O–H groups in total. The molecule has 1 unspecified atom stereocenters. The van der Waals surface area contributed by atoms with E-state index in [1.807, 2.05) is 0 Å². The number of hydrogen-bond donors (Lipinski definition) is 1. The molecule has 0 radical (unpaired) electrons. The summed E-state index contributed by atoms with van der Waals surface area (Å²) in [4.78, 5) is 2.62. The lowest BCUT2D eigenvalue weighted by Crippen LogP contribution is -2.31. The van der Waals surface area contributed by atoms with Gasteiger partial charge in [0.2, 0.25) is 0 Å². The van der Waals surface area contributed by atoms with Gasteiger partial charge in [-0.3, -0.25) is 0 Å². The predicted molar refractivity (Wildman–Crippen MR) is 60.4 cm³/mol. The van der Waals surface area contributed by atoms with Crippen LogP contribution < -0.4 is 5.32 Å². The van der Waals surface area contributed by atoms with Gasteiger partial charge in [-0.2, -0.15) is 0 Å². The summed E-state index contributed by atoms with van der Waals surface area (Å²) in [6.45, 7) is 8.74. The molecule has 0 bridgehead atoms. The molecule has 1 saturated carbocycles. The summed E-state index contributed by atoms with van der Waals surface area (Å²) in [7, 11) is 0. The lowest BCUT2D eigenvalue weighted by molar-refractivity contribution is 0.320. The molecule has 1 saturated heterocycles. The van der Waals surface area contributed by atoms with Gasteiger partial charge in [0.1, 0.15) is 0 Å². The van der Waals surface area contributed by atoms with Gasteiger partial charge < -0.3 is 10.2 Å². The molecule has 14 heavy (non-hydrogen) atoms. The molecule has 2 fully saturated rings. The molecular formula is C12H24N2. The van der Waals surface area contributed by atoms with E-state index < -0.39 is 0 Å². The van der Waals surface area contributed by atoms with E-state index in [4.69, 9.17) is 0 Å². The normalized spacial score (nSPS) is 28.5. The van der Waals surface area contributed by atoms with Gasteiger partial charge in [0.25, 0.3) is 0 Å². The zero-order valence-electron chi connectivity index (χ0n) is 9.47. The number of nitrogens with zero attached hydrogens (tertiary/aromatic N) is 1. The lowest BCUT2D eigenvalue weighted by Gasteiger charge is -2.15. The first-order valence-corrected chi connectivity index (χ1v) is 6.31. The predicted octanol–water partition coefficient (Wildman–Crippen LogP) is 1.72. The fourth-order valence-electron chi connectivity index (χ4n) is 2.31. The minimum atomic E-state index is 0.985. The summed E-state index contributed by atoms with van der Waals surface area (Å²) in [5.74, 6) is 2.01. The van der Waals surface area contributed by atoms with Crippen LogP contribution in [0.25, 0.3) is 0 Å². The van der Waals surface area contributed by atoms with Crippen LogP contribution in [-0.2, 0) is 0 Å². The van der Waals surface area contributed by atoms with Crippen molar-refractivity contribution in [3.05, 3.63) is 0 Å². The summed E-state index contributed by atoms with van der Waals surface area (Å²) in [5.41, 5.74) is 0. The molecule has 2 aliphatic rings. The number of nitrogens with one attached hydrogen (secondary N) is 1. The highest BCUT2D eigenvalue weighted by atomic mass is 15.2. The topological polar surface area (TPSA) is 15.3 Å². The first kappa shape index (κ1) is 10.4. The van der Waals surface area contributed by atoms with Gasteiger partial charge >= 0.3 is 0 Å². The fraction of sp³-hybridized carbons (Fsp3) is 1.00. The molecule has 1 aliphatic heterocycles. The van der Waals surface area contributed by atoms with Crippen molar-refractivity contribution < 1.29 is 0 Å². The maximum Gasteiger partial charge on any atom is 0.0107 e. The fourth-order valence-corrected chi connectivity index (χ4v) is 2.31. The highest BCUT2D eigenvalue weighted by molar-refractivity contribution is 4.77. The average Bonchev–Trinajstić information content (AvgIpc) is 2.91. The molecule has 2 rings (SSSR count). The van der Waals surface area contributed by atoms with Gasteiger partial charge in [-0.1, -0.05) is 13.3 Å². The summed E-state index contributed by atoms with van der Waals surface area (Å²) >= 11 is 0. The van der Waals surface area contributed by atoms with Crippen molar-refractivity contribution in [2.45, 2.75) is 32.6 Å². The first-order chi connectivity index (χ1) is 6.88. The Morgan fingerprint density at radius 3 is 2.71 bits per heavy atom. The standard InChI is InChI=1S/C12H24N2/c1-2-11-5-7-14(10-11)8-6-13-9-12-3-4-12/h11-13H,2-10H2,1H3. The molecule has 1 atom stereocenters. The molecule has 0 spiro atoms. The van der Waals surface area contributed by atoms with Crippen LogP contribution in [0.1, 0.15) is 32.6 Å². The van der Waals surface area contributed by atoms with Crippen molar-refractivity contribution >= 4 is 0 Å². The smallest absolute Gasteiger partial charge is 0.0107 e. The maximum atomic E-state index is 3.57. The van der Waals surface area contributed by atoms with Crippen LogP contribution in [0.3, 0.4) is 0 Å². The van der Waals surface area contributed by atoms with Crippen LogP contribution in [0.5, 0.6) is 0 Å². The minimum Gasteiger partial charge on any atom is -0.315 e. The summed E-state index contributed by atoms with van der Waals surface area (Å²) < 4.78 is 0. The van der Waals surface area contributed by atoms with Gasteiger partial charge in [0.15, 0.2) is 0 Å². The molecule has 0 amide bonds. The zero-order valence-corrected chi connectivity index (χ0v) is 9.47. The Morgan fingerprint density at radius 1 is 1.21 bits per heavy atom. The van der Waals surface area contributed by atoms with Crippen molar-refractivity contribution in [3.8, 4) is 0 Å². The highest BCUT2D eigenvalue weighted by Crippen LogP contribution is 2.27. The Balaban J connectivity index is 1.48. The van der Waals surface area contributed by atoms with Crippen molar-refractivity contribution in [2.24, 2.45) is 11.8 Å². The molecule has 2 heteroatoms. The molecule has 1 aliphatic carbocycles. The van der Waals surface area contributed by atoms with Crippen molar-refractivity contribution in [2.75, 3.05) is 32.7 Å². The summed E-state index contributed by atoms with van der Waals surface area (Å²) in [6, 6.07) is 0. The van der Waals surface area contributed by atoms with E-state index in [0.29, 0.717) is 0 Å². The van der Waals surface area contributed by atoms with E-state index in [2.05, 4.69) is 17.1 Å². The van der Waals surface area contributed by atoms with Gasteiger partial charge in [0, 0.05) is 19.6 Å². The average molecular weight is 196 g/mol. The highest BCUT2D eigenvalue weighted by Gasteiger charge is 2.22. The second-order valence-corrected chi connectivity index (χ2v) is 5.01. The van der Waals surface area contributed by atoms with Gasteiger partial charge in [-0.25, -0.2) is 0 Å². The van der Waals surface area contributed by atoms with Crippen LogP contribution in [-0.4, -0.2) is 37.6 Å². The Labute approximate surface area is 88.1 Å². The zero-order chi connectivity index (χ0) is 9.80. The van der Waals surface area contributed by atoms with Gasteiger partial charge in [-0.15, -0.1) is 0 Å². The van der Waals surface area contributed by atoms with Crippen LogP contribution >= 0.6 is 0 Å². The van der Waals surface area contributed by atoms with Crippen LogP contribution in [0.15, 0.2) is 0 Å². The van der Waals surface area contributed by atoms with E-state index >= 15 is 0 Å². The Morgan fingerprint density at radius 2 is 2.07 bits per heavy atom. The lowest BCUT2D eigenvalue weighted by atomic mass is 10.1. The summed E-state index contributed by atoms with van der Waals surface area (Å²) in [6.07, 6.45) is 5.73. The first-order valence-electron chi connectivity index (χ1n) is 6.31. The third kappa shape index (κ3) is 3.25.